The zero-order valence-corrected chi connectivity index (χ0v) is 11.7. The summed E-state index contributed by atoms with van der Waals surface area (Å²) in [7, 11) is 1.34. The molecule has 21 heavy (non-hydrogen) atoms. The minimum atomic E-state index is -4.63. The number of amides is 1. The second-order valence-corrected chi connectivity index (χ2v) is 4.47. The number of hydrogen-bond donors (Lipinski definition) is 1. The lowest BCUT2D eigenvalue weighted by atomic mass is 10.2. The molecular weight excluding hydrogens is 307 g/mol. The summed E-state index contributed by atoms with van der Waals surface area (Å²) in [5, 5.41) is 5.78. The molecule has 8 heteroatoms. The van der Waals surface area contributed by atoms with Crippen LogP contribution in [0, 0.1) is 0 Å². The molecule has 1 amide bonds. The topological polar surface area (TPSA) is 46.9 Å². The summed E-state index contributed by atoms with van der Waals surface area (Å²) in [6.07, 6.45) is -4.63. The molecule has 0 fully saturated rings. The van der Waals surface area contributed by atoms with E-state index in [2.05, 4.69) is 10.4 Å². The van der Waals surface area contributed by atoms with E-state index in [0.717, 1.165) is 4.68 Å². The second-order valence-electron chi connectivity index (χ2n) is 4.21. The number of alkyl halides is 4. The van der Waals surface area contributed by atoms with Crippen molar-refractivity contribution in [1.29, 1.82) is 0 Å². The highest BCUT2D eigenvalue weighted by atomic mass is 35.5. The molecule has 1 aromatic carbocycles. The van der Waals surface area contributed by atoms with Crippen LogP contribution in [0.4, 0.5) is 13.2 Å². The van der Waals surface area contributed by atoms with Gasteiger partial charge in [0.1, 0.15) is 5.69 Å². The number of rotatable bonds is 3. The van der Waals surface area contributed by atoms with Gasteiger partial charge < -0.3 is 5.32 Å². The highest BCUT2D eigenvalue weighted by Gasteiger charge is 2.36. The van der Waals surface area contributed by atoms with Gasteiger partial charge in [0.05, 0.1) is 5.69 Å². The van der Waals surface area contributed by atoms with Crippen LogP contribution in [-0.4, -0.2) is 22.7 Å². The van der Waals surface area contributed by atoms with E-state index < -0.39 is 17.8 Å². The van der Waals surface area contributed by atoms with Crippen molar-refractivity contribution >= 4 is 17.5 Å². The zero-order chi connectivity index (χ0) is 15.6. The third-order valence-electron chi connectivity index (χ3n) is 2.77. The van der Waals surface area contributed by atoms with Gasteiger partial charge in [-0.2, -0.15) is 18.3 Å². The molecular formula is C13H11ClF3N3O. The van der Waals surface area contributed by atoms with E-state index in [-0.39, 0.29) is 11.6 Å². The Morgan fingerprint density at radius 3 is 2.67 bits per heavy atom. The molecule has 4 nitrogen and oxygen atoms in total. The summed E-state index contributed by atoms with van der Waals surface area (Å²) in [5.41, 5.74) is -0.280. The lowest BCUT2D eigenvalue weighted by Gasteiger charge is -2.07. The Morgan fingerprint density at radius 2 is 2.10 bits per heavy atom. The van der Waals surface area contributed by atoms with E-state index in [1.54, 1.807) is 24.3 Å². The van der Waals surface area contributed by atoms with Crippen LogP contribution in [0.2, 0.25) is 0 Å². The molecule has 0 bridgehead atoms. The fourth-order valence-corrected chi connectivity index (χ4v) is 1.94. The van der Waals surface area contributed by atoms with Crippen molar-refractivity contribution in [2.75, 3.05) is 7.05 Å². The maximum absolute atomic E-state index is 12.8. The lowest BCUT2D eigenvalue weighted by Crippen LogP contribution is -2.21. The summed E-state index contributed by atoms with van der Waals surface area (Å²) < 4.78 is 39.3. The first kappa shape index (κ1) is 15.4. The minimum Gasteiger partial charge on any atom is -0.354 e. The van der Waals surface area contributed by atoms with Crippen LogP contribution < -0.4 is 5.32 Å². The number of aromatic nitrogens is 2. The predicted molar refractivity (Wildman–Crippen MR) is 71.5 cm³/mol. The number of nitrogens with one attached hydrogen (secondary N) is 1. The Hall–Kier alpha value is -2.02. The van der Waals surface area contributed by atoms with Crippen molar-refractivity contribution in [3.05, 3.63) is 47.3 Å². The summed E-state index contributed by atoms with van der Waals surface area (Å²) in [6, 6.07) is 7.20. The van der Waals surface area contributed by atoms with E-state index in [0.29, 0.717) is 17.3 Å². The van der Waals surface area contributed by atoms with Crippen molar-refractivity contribution in [2.24, 2.45) is 0 Å². The molecule has 1 N–H and O–H groups in total. The van der Waals surface area contributed by atoms with Crippen LogP contribution in [0.25, 0.3) is 5.69 Å². The zero-order valence-electron chi connectivity index (χ0n) is 10.9. The summed E-state index contributed by atoms with van der Waals surface area (Å²) in [5.74, 6) is -0.453. The van der Waals surface area contributed by atoms with Crippen molar-refractivity contribution < 1.29 is 18.0 Å². The number of nitrogens with zero attached hydrogens (tertiary/aromatic N) is 2. The SMILES string of the molecule is CNC(=O)c1cc(C(F)(F)F)nn1-c1cccc(CCl)c1. The molecule has 112 valence electrons. The van der Waals surface area contributed by atoms with Gasteiger partial charge in [0.2, 0.25) is 0 Å². The van der Waals surface area contributed by atoms with Gasteiger partial charge >= 0.3 is 6.18 Å². The normalized spacial score (nSPS) is 11.5. The van der Waals surface area contributed by atoms with Gasteiger partial charge in [-0.15, -0.1) is 11.6 Å². The third-order valence-corrected chi connectivity index (χ3v) is 3.08. The fourth-order valence-electron chi connectivity index (χ4n) is 1.78. The van der Waals surface area contributed by atoms with Crippen LogP contribution in [-0.2, 0) is 12.1 Å². The van der Waals surface area contributed by atoms with Gasteiger partial charge in [-0.3, -0.25) is 4.79 Å². The quantitative estimate of drug-likeness (QED) is 0.885. The van der Waals surface area contributed by atoms with Crippen LogP contribution in [0.5, 0.6) is 0 Å². The molecule has 0 saturated heterocycles. The standard InChI is InChI=1S/C13H11ClF3N3O/c1-18-12(21)10-6-11(13(15,16)17)19-20(10)9-4-2-3-8(5-9)7-14/h2-6H,7H2,1H3,(H,18,21). The largest absolute Gasteiger partial charge is 0.435 e. The minimum absolute atomic E-state index is 0.198. The molecule has 0 aliphatic heterocycles. The third kappa shape index (κ3) is 3.18. The Bertz CT molecular complexity index is 667. The van der Waals surface area contributed by atoms with E-state index in [4.69, 9.17) is 11.6 Å². The van der Waals surface area contributed by atoms with Crippen LogP contribution >= 0.6 is 11.6 Å². The first-order valence-corrected chi connectivity index (χ1v) is 6.45. The monoisotopic (exact) mass is 317 g/mol. The van der Waals surface area contributed by atoms with Gasteiger partial charge in [0.25, 0.3) is 5.91 Å². The Labute approximate surface area is 123 Å². The Balaban J connectivity index is 2.60. The van der Waals surface area contributed by atoms with Gasteiger partial charge in [-0.05, 0) is 17.7 Å². The van der Waals surface area contributed by atoms with Crippen LogP contribution in [0.3, 0.4) is 0 Å². The molecule has 2 rings (SSSR count). The fraction of sp³-hybridized carbons (Fsp3) is 0.231. The highest BCUT2D eigenvalue weighted by Crippen LogP contribution is 2.29. The maximum atomic E-state index is 12.8. The first-order chi connectivity index (χ1) is 9.86. The predicted octanol–water partition coefficient (Wildman–Crippen LogP) is 2.99. The smallest absolute Gasteiger partial charge is 0.354 e. The summed E-state index contributed by atoms with van der Waals surface area (Å²) in [4.78, 5) is 11.7. The molecule has 1 aromatic heterocycles. The second kappa shape index (κ2) is 5.77. The van der Waals surface area contributed by atoms with E-state index in [9.17, 15) is 18.0 Å². The van der Waals surface area contributed by atoms with E-state index in [1.807, 2.05) is 0 Å². The molecule has 0 aliphatic carbocycles. The van der Waals surface area contributed by atoms with Gasteiger partial charge in [0.15, 0.2) is 5.69 Å². The Morgan fingerprint density at radius 1 is 1.38 bits per heavy atom. The Kier molecular flexibility index (Phi) is 4.22. The summed E-state index contributed by atoms with van der Waals surface area (Å²) >= 11 is 5.70. The van der Waals surface area contributed by atoms with Crippen LogP contribution in [0.15, 0.2) is 30.3 Å². The number of halogens is 4. The number of hydrogen-bond acceptors (Lipinski definition) is 2. The summed E-state index contributed by atoms with van der Waals surface area (Å²) in [6.45, 7) is 0. The van der Waals surface area contributed by atoms with Gasteiger partial charge in [-0.25, -0.2) is 4.68 Å². The number of benzene rings is 1. The van der Waals surface area contributed by atoms with Crippen molar-refractivity contribution in [3.8, 4) is 5.69 Å². The van der Waals surface area contributed by atoms with E-state index >= 15 is 0 Å². The number of carbonyl (C=O) groups is 1. The lowest BCUT2D eigenvalue weighted by molar-refractivity contribution is -0.141. The molecule has 2 aromatic rings. The molecule has 0 spiro atoms. The van der Waals surface area contributed by atoms with Crippen molar-refractivity contribution in [2.45, 2.75) is 12.1 Å². The maximum Gasteiger partial charge on any atom is 0.435 e. The molecule has 0 saturated carbocycles. The average Bonchev–Trinajstić information content (AvgIpc) is 2.91. The highest BCUT2D eigenvalue weighted by molar-refractivity contribution is 6.17. The van der Waals surface area contributed by atoms with Gasteiger partial charge in [-0.1, -0.05) is 12.1 Å². The molecule has 0 radical (unpaired) electrons. The van der Waals surface area contributed by atoms with E-state index in [1.165, 1.54) is 7.05 Å². The number of carbonyl (C=O) groups excluding carboxylic acids is 1. The van der Waals surface area contributed by atoms with Gasteiger partial charge in [0, 0.05) is 19.0 Å². The van der Waals surface area contributed by atoms with Crippen molar-refractivity contribution in [3.63, 3.8) is 0 Å². The van der Waals surface area contributed by atoms with Crippen molar-refractivity contribution in [1.82, 2.24) is 15.1 Å². The van der Waals surface area contributed by atoms with Crippen LogP contribution in [0.1, 0.15) is 21.7 Å². The molecule has 0 atom stereocenters. The molecule has 1 heterocycles. The average molecular weight is 318 g/mol. The molecule has 0 unspecified atom stereocenters. The molecule has 0 aliphatic rings. The first-order valence-electron chi connectivity index (χ1n) is 5.91.